The number of likely N-dealkylation sites (tertiary alicyclic amines) is 2. The summed E-state index contributed by atoms with van der Waals surface area (Å²) in [5.74, 6) is 3.61. The van der Waals surface area contributed by atoms with Crippen LogP contribution >= 0.6 is 46.4 Å². The third kappa shape index (κ3) is 10.1. The van der Waals surface area contributed by atoms with Gasteiger partial charge in [0.25, 0.3) is 0 Å². The number of hydrogen-bond donors (Lipinski definition) is 1. The molecular formula is C53H56Cl4N16O2S. The highest BCUT2D eigenvalue weighted by Gasteiger charge is 2.43. The van der Waals surface area contributed by atoms with Crippen LogP contribution in [0.15, 0.2) is 61.3 Å². The van der Waals surface area contributed by atoms with Crippen LogP contribution in [0, 0.1) is 52.3 Å². The number of aromatic nitrogens is 10. The molecule has 5 aliphatic heterocycles. The maximum atomic E-state index is 12.7. The lowest BCUT2D eigenvalue weighted by atomic mass is 9.74. The summed E-state index contributed by atoms with van der Waals surface area (Å²) in [4.78, 5) is 37.0. The monoisotopic (exact) mass is 1120 g/mol. The molecule has 23 heteroatoms. The molecule has 1 N–H and O–H groups in total. The lowest BCUT2D eigenvalue weighted by molar-refractivity contribution is 0.0399. The van der Waals surface area contributed by atoms with Crippen molar-refractivity contribution in [3.05, 3.63) is 110 Å². The number of nitriles is 2. The molecule has 2 aromatic carbocycles. The molecule has 10 heterocycles. The first kappa shape index (κ1) is 51.1. The number of aromatic amines is 1. The fourth-order valence-electron chi connectivity index (χ4n) is 12.7. The number of fused-ring (bicyclic) bond motifs is 2. The van der Waals surface area contributed by atoms with Crippen molar-refractivity contribution in [2.75, 3.05) is 73.7 Å². The number of sulfone groups is 1. The standard InChI is InChI=1S/C53H56Cl4N16O2S/c1-31(41-6-4-37(54)15-43(41)56)72-52-50(45(17-58)66-72)61-20-48(64-52)71-27-36(28-71)34-13-32(22-69(24-34)40-8-11-76(74,75)12-9-40)14-47(42-7-5-38(55)16-44(42)57)73-53-51(46(18-59)67-73)62-21-49(65-53)70-25-35(26-70)33-3-2-10-68(23-33)29-39-19-60-30-63-39/h4-7,15-16,19-21,30-36,40,47H,2-3,8-14,22-29H2,1H3,(H,60,63)/t31-,32?,33-,34+,47-/m1/s1. The molecule has 0 spiro atoms. The minimum atomic E-state index is -3.09. The second-order valence-electron chi connectivity index (χ2n) is 21.6. The number of halogens is 4. The first-order valence-electron chi connectivity index (χ1n) is 26.1. The average Bonchev–Trinajstić information content (AvgIpc) is 4.13. The van der Waals surface area contributed by atoms with Gasteiger partial charge in [-0.15, -0.1) is 0 Å². The average molecular weight is 1120 g/mol. The number of piperidine rings is 2. The van der Waals surface area contributed by atoms with E-state index < -0.39 is 15.9 Å². The zero-order valence-corrected chi connectivity index (χ0v) is 45.7. The molecule has 5 saturated heterocycles. The predicted octanol–water partition coefficient (Wildman–Crippen LogP) is 8.63. The molecule has 76 heavy (non-hydrogen) atoms. The summed E-state index contributed by atoms with van der Waals surface area (Å²) in [6.07, 6.45) is 12.3. The Morgan fingerprint density at radius 3 is 1.93 bits per heavy atom. The van der Waals surface area contributed by atoms with Gasteiger partial charge >= 0.3 is 0 Å². The van der Waals surface area contributed by atoms with Gasteiger partial charge in [0.15, 0.2) is 22.7 Å². The van der Waals surface area contributed by atoms with Crippen LogP contribution in [-0.2, 0) is 16.4 Å². The Morgan fingerprint density at radius 2 is 1.33 bits per heavy atom. The number of hydrogen-bond acceptors (Lipinski definition) is 15. The van der Waals surface area contributed by atoms with Crippen LogP contribution in [-0.4, -0.2) is 138 Å². The number of anilines is 2. The quantitative estimate of drug-likeness (QED) is 0.115. The Morgan fingerprint density at radius 1 is 0.724 bits per heavy atom. The second kappa shape index (κ2) is 21.0. The van der Waals surface area contributed by atoms with Crippen molar-refractivity contribution in [3.8, 4) is 12.1 Å². The molecule has 394 valence electrons. The number of imidazole rings is 1. The minimum absolute atomic E-state index is 0.124. The van der Waals surface area contributed by atoms with Crippen LogP contribution < -0.4 is 9.80 Å². The van der Waals surface area contributed by atoms with Crippen molar-refractivity contribution in [2.24, 2.45) is 29.6 Å². The Kier molecular flexibility index (Phi) is 14.1. The highest BCUT2D eigenvalue weighted by atomic mass is 35.5. The Labute approximate surface area is 460 Å². The van der Waals surface area contributed by atoms with Crippen LogP contribution in [0.1, 0.15) is 85.7 Å². The number of nitrogens with zero attached hydrogens (tertiary/aromatic N) is 15. The maximum absolute atomic E-state index is 12.7. The number of benzene rings is 2. The third-order valence-electron chi connectivity index (χ3n) is 16.9. The first-order chi connectivity index (χ1) is 36.8. The van der Waals surface area contributed by atoms with E-state index in [2.05, 4.69) is 46.8 Å². The van der Waals surface area contributed by atoms with Gasteiger partial charge < -0.3 is 14.8 Å². The van der Waals surface area contributed by atoms with Gasteiger partial charge in [-0.25, -0.2) is 42.7 Å². The summed E-state index contributed by atoms with van der Waals surface area (Å²) < 4.78 is 29.1. The van der Waals surface area contributed by atoms with Crippen LogP contribution in [0.3, 0.4) is 0 Å². The maximum Gasteiger partial charge on any atom is 0.190 e. The first-order valence-corrected chi connectivity index (χ1v) is 29.5. The lowest BCUT2D eigenvalue weighted by Crippen LogP contribution is -2.57. The SMILES string of the molecule is C[C@H](c1ccc(Cl)cc1Cl)n1nc(C#N)c2ncc(N3CC([C@H]4CC(C[C@H](c5ccc(Cl)cc5Cl)n5nc(C#N)c6ncc(N7CC([C@@H]8CCCN(Cc9c[nH]cn9)C8)C7)nc65)CN(C5CCS(=O)(=O)CC5)C4)C3)nc21. The van der Waals surface area contributed by atoms with E-state index >= 15 is 0 Å². The van der Waals surface area contributed by atoms with E-state index in [1.54, 1.807) is 41.6 Å². The zero-order chi connectivity index (χ0) is 52.4. The molecule has 5 fully saturated rings. The van der Waals surface area contributed by atoms with Crippen LogP contribution in [0.5, 0.6) is 0 Å². The van der Waals surface area contributed by atoms with E-state index in [4.69, 9.17) is 71.4 Å². The topological polar surface area (TPSA) is 211 Å². The molecule has 12 rings (SSSR count). The van der Waals surface area contributed by atoms with Crippen LogP contribution in [0.2, 0.25) is 20.1 Å². The summed E-state index contributed by atoms with van der Waals surface area (Å²) in [5.41, 5.74) is 4.93. The van der Waals surface area contributed by atoms with Gasteiger partial charge in [-0.1, -0.05) is 58.5 Å². The van der Waals surface area contributed by atoms with Gasteiger partial charge in [0.2, 0.25) is 0 Å². The van der Waals surface area contributed by atoms with Crippen LogP contribution in [0.25, 0.3) is 22.3 Å². The molecule has 1 unspecified atom stereocenters. The van der Waals surface area contributed by atoms with E-state index in [1.165, 1.54) is 6.42 Å². The normalized spacial score (nSPS) is 22.8. The number of H-pyrrole nitrogens is 1. The molecular weight excluding hydrogens is 1070 g/mol. The van der Waals surface area contributed by atoms with Crippen LogP contribution in [0.4, 0.5) is 11.6 Å². The molecule has 0 aliphatic carbocycles. The minimum Gasteiger partial charge on any atom is -0.355 e. The van der Waals surface area contributed by atoms with E-state index in [9.17, 15) is 18.9 Å². The van der Waals surface area contributed by atoms with Crippen molar-refractivity contribution in [2.45, 2.75) is 70.1 Å². The molecule has 18 nitrogen and oxygen atoms in total. The Hall–Kier alpha value is -5.64. The summed E-state index contributed by atoms with van der Waals surface area (Å²) in [7, 11) is -3.09. The van der Waals surface area contributed by atoms with Gasteiger partial charge in [-0.2, -0.15) is 20.7 Å². The Bertz CT molecular complexity index is 3500. The van der Waals surface area contributed by atoms with Gasteiger partial charge in [-0.05, 0) is 117 Å². The van der Waals surface area contributed by atoms with Crippen molar-refractivity contribution in [1.82, 2.24) is 59.3 Å². The molecule has 0 amide bonds. The summed E-state index contributed by atoms with van der Waals surface area (Å²) in [5, 5.41) is 32.2. The fraction of sp³-hybridized carbons (Fsp3) is 0.491. The zero-order valence-electron chi connectivity index (χ0n) is 41.9. The van der Waals surface area contributed by atoms with Crippen molar-refractivity contribution in [1.29, 1.82) is 10.5 Å². The van der Waals surface area contributed by atoms with E-state index in [0.717, 1.165) is 94.4 Å². The second-order valence-corrected chi connectivity index (χ2v) is 25.6. The van der Waals surface area contributed by atoms with E-state index in [0.29, 0.717) is 85.3 Å². The Balaban J connectivity index is 0.814. The van der Waals surface area contributed by atoms with Crippen molar-refractivity contribution in [3.63, 3.8) is 0 Å². The van der Waals surface area contributed by atoms with Crippen molar-refractivity contribution < 1.29 is 8.42 Å². The molecule has 0 radical (unpaired) electrons. The highest BCUT2D eigenvalue weighted by molar-refractivity contribution is 7.91. The van der Waals surface area contributed by atoms with Crippen molar-refractivity contribution >= 4 is 90.2 Å². The van der Waals surface area contributed by atoms with Gasteiger partial charge in [0.1, 0.15) is 44.6 Å². The predicted molar refractivity (Wildman–Crippen MR) is 292 cm³/mol. The molecule has 0 bridgehead atoms. The molecule has 5 atom stereocenters. The van der Waals surface area contributed by atoms with E-state index in [-0.39, 0.29) is 46.8 Å². The highest BCUT2D eigenvalue weighted by Crippen LogP contribution is 2.43. The molecule has 5 aliphatic rings. The molecule has 5 aromatic heterocycles. The summed E-state index contributed by atoms with van der Waals surface area (Å²) in [6, 6.07) is 14.7. The lowest BCUT2D eigenvalue weighted by Gasteiger charge is -2.50. The third-order valence-corrected chi connectivity index (χ3v) is 19.7. The summed E-state index contributed by atoms with van der Waals surface area (Å²) >= 11 is 26.6. The smallest absolute Gasteiger partial charge is 0.190 e. The molecule has 7 aromatic rings. The van der Waals surface area contributed by atoms with Gasteiger partial charge in [0.05, 0.1) is 48.0 Å². The molecule has 0 saturated carbocycles. The number of rotatable bonds is 13. The van der Waals surface area contributed by atoms with Gasteiger partial charge in [0, 0.05) is 84.7 Å². The number of nitrogens with one attached hydrogen (secondary N) is 1. The summed E-state index contributed by atoms with van der Waals surface area (Å²) in [6.45, 7) is 9.76. The largest absolute Gasteiger partial charge is 0.355 e. The van der Waals surface area contributed by atoms with Gasteiger partial charge in [-0.3, -0.25) is 9.80 Å². The fourth-order valence-corrected chi connectivity index (χ4v) is 15.3. The van der Waals surface area contributed by atoms with E-state index in [1.807, 2.05) is 36.0 Å².